The average Bonchev–Trinajstić information content (AvgIpc) is 2.67. The molecule has 1 aliphatic heterocycles. The van der Waals surface area contributed by atoms with Crippen LogP contribution in [0.5, 0.6) is 0 Å². The van der Waals surface area contributed by atoms with Crippen LogP contribution in [0.25, 0.3) is 0 Å². The Hall–Kier alpha value is -0.120. The van der Waals surface area contributed by atoms with Crippen molar-refractivity contribution in [3.05, 3.63) is 0 Å². The van der Waals surface area contributed by atoms with Gasteiger partial charge in [-0.2, -0.15) is 0 Å². The molecule has 0 aromatic carbocycles. The molecule has 1 saturated carbocycles. The third-order valence-electron chi connectivity index (χ3n) is 7.17. The molecular formula is C24H48N2O. The van der Waals surface area contributed by atoms with Gasteiger partial charge in [-0.1, -0.05) is 33.6 Å². The Labute approximate surface area is 170 Å². The summed E-state index contributed by atoms with van der Waals surface area (Å²) in [6, 6.07) is 0.758. The second-order valence-electron chi connectivity index (χ2n) is 9.65. The number of piperazine rings is 1. The van der Waals surface area contributed by atoms with Gasteiger partial charge in [0, 0.05) is 38.8 Å². The summed E-state index contributed by atoms with van der Waals surface area (Å²) in [4.78, 5) is 5.38. The highest BCUT2D eigenvalue weighted by Crippen LogP contribution is 2.31. The molecule has 0 spiro atoms. The summed E-state index contributed by atoms with van der Waals surface area (Å²) in [5.41, 5.74) is 0. The van der Waals surface area contributed by atoms with Crippen LogP contribution in [-0.4, -0.2) is 60.8 Å². The standard InChI is InChI=1S/C24H48N2O/c1-6-8-22(5)27-24-13-11-23(12-14-24)10-9-20(3)19-25-15-17-26(18-16-25)21(4)7-2/h20-24H,6-19H2,1-5H3/t20-,21?,22?,23-,24-/m1/s1. The second kappa shape index (κ2) is 12.4. The van der Waals surface area contributed by atoms with E-state index < -0.39 is 0 Å². The zero-order chi connectivity index (χ0) is 19.6. The van der Waals surface area contributed by atoms with Crippen LogP contribution in [-0.2, 0) is 4.74 Å². The van der Waals surface area contributed by atoms with E-state index in [9.17, 15) is 0 Å². The van der Waals surface area contributed by atoms with Crippen LogP contribution in [0.1, 0.15) is 92.4 Å². The summed E-state index contributed by atoms with van der Waals surface area (Å²) in [5.74, 6) is 1.80. The molecule has 0 aromatic rings. The minimum atomic E-state index is 0.456. The highest BCUT2D eigenvalue weighted by atomic mass is 16.5. The molecule has 2 unspecified atom stereocenters. The largest absolute Gasteiger partial charge is 0.375 e. The van der Waals surface area contributed by atoms with Gasteiger partial charge in [0.2, 0.25) is 0 Å². The van der Waals surface area contributed by atoms with Gasteiger partial charge in [-0.15, -0.1) is 0 Å². The summed E-state index contributed by atoms with van der Waals surface area (Å²) in [7, 11) is 0. The number of rotatable bonds is 11. The van der Waals surface area contributed by atoms with Crippen molar-refractivity contribution < 1.29 is 4.74 Å². The highest BCUT2D eigenvalue weighted by Gasteiger charge is 2.24. The Balaban J connectivity index is 1.56. The lowest BCUT2D eigenvalue weighted by Crippen LogP contribution is -2.50. The summed E-state index contributed by atoms with van der Waals surface area (Å²) < 4.78 is 6.23. The predicted molar refractivity (Wildman–Crippen MR) is 117 cm³/mol. The lowest BCUT2D eigenvalue weighted by molar-refractivity contribution is -0.0323. The van der Waals surface area contributed by atoms with Crippen LogP contribution in [0, 0.1) is 11.8 Å². The van der Waals surface area contributed by atoms with Crippen LogP contribution < -0.4 is 0 Å². The van der Waals surface area contributed by atoms with Gasteiger partial charge < -0.3 is 9.64 Å². The topological polar surface area (TPSA) is 15.7 Å². The highest BCUT2D eigenvalue weighted by molar-refractivity contribution is 4.78. The first kappa shape index (κ1) is 23.2. The van der Waals surface area contributed by atoms with E-state index >= 15 is 0 Å². The molecule has 0 radical (unpaired) electrons. The smallest absolute Gasteiger partial charge is 0.0579 e. The van der Waals surface area contributed by atoms with E-state index in [4.69, 9.17) is 4.74 Å². The molecule has 2 fully saturated rings. The molecule has 0 bridgehead atoms. The molecule has 0 N–H and O–H groups in total. The van der Waals surface area contributed by atoms with E-state index in [0.717, 1.165) is 17.9 Å². The van der Waals surface area contributed by atoms with Crippen LogP contribution in [0.4, 0.5) is 0 Å². The molecule has 0 aromatic heterocycles. The first-order chi connectivity index (χ1) is 13.0. The molecular weight excluding hydrogens is 332 g/mol. The zero-order valence-electron chi connectivity index (χ0n) is 19.1. The molecule has 3 atom stereocenters. The van der Waals surface area contributed by atoms with Crippen molar-refractivity contribution in [1.29, 1.82) is 0 Å². The fourth-order valence-electron chi connectivity index (χ4n) is 5.06. The molecule has 3 heteroatoms. The van der Waals surface area contributed by atoms with Crippen molar-refractivity contribution in [2.45, 2.75) is 111 Å². The molecule has 1 heterocycles. The first-order valence-corrected chi connectivity index (χ1v) is 12.1. The fourth-order valence-corrected chi connectivity index (χ4v) is 5.06. The van der Waals surface area contributed by atoms with E-state index in [1.54, 1.807) is 0 Å². The quantitative estimate of drug-likeness (QED) is 0.465. The Kier molecular flexibility index (Phi) is 10.7. The van der Waals surface area contributed by atoms with Gasteiger partial charge in [0.15, 0.2) is 0 Å². The van der Waals surface area contributed by atoms with Gasteiger partial charge in [0.1, 0.15) is 0 Å². The molecule has 160 valence electrons. The van der Waals surface area contributed by atoms with Gasteiger partial charge in [0.25, 0.3) is 0 Å². The Morgan fingerprint density at radius 3 is 2.15 bits per heavy atom. The summed E-state index contributed by atoms with van der Waals surface area (Å²) in [5, 5.41) is 0. The van der Waals surface area contributed by atoms with E-state index in [0.29, 0.717) is 12.2 Å². The van der Waals surface area contributed by atoms with E-state index in [2.05, 4.69) is 44.4 Å². The van der Waals surface area contributed by atoms with Crippen LogP contribution >= 0.6 is 0 Å². The third-order valence-corrected chi connectivity index (χ3v) is 7.17. The van der Waals surface area contributed by atoms with Gasteiger partial charge in [-0.3, -0.25) is 4.90 Å². The monoisotopic (exact) mass is 380 g/mol. The number of ether oxygens (including phenoxy) is 1. The van der Waals surface area contributed by atoms with Gasteiger partial charge in [-0.05, 0) is 70.6 Å². The molecule has 1 aliphatic carbocycles. The van der Waals surface area contributed by atoms with Gasteiger partial charge in [-0.25, -0.2) is 0 Å². The van der Waals surface area contributed by atoms with Crippen molar-refractivity contribution in [1.82, 2.24) is 9.80 Å². The van der Waals surface area contributed by atoms with Crippen molar-refractivity contribution in [2.75, 3.05) is 32.7 Å². The van der Waals surface area contributed by atoms with E-state index in [1.165, 1.54) is 90.5 Å². The minimum Gasteiger partial charge on any atom is -0.375 e. The molecule has 2 aliphatic rings. The number of hydrogen-bond acceptors (Lipinski definition) is 3. The molecule has 27 heavy (non-hydrogen) atoms. The van der Waals surface area contributed by atoms with Gasteiger partial charge in [0.05, 0.1) is 12.2 Å². The molecule has 1 saturated heterocycles. The van der Waals surface area contributed by atoms with Crippen molar-refractivity contribution in [3.8, 4) is 0 Å². The predicted octanol–water partition coefficient (Wildman–Crippen LogP) is 5.58. The van der Waals surface area contributed by atoms with Crippen molar-refractivity contribution in [2.24, 2.45) is 11.8 Å². The van der Waals surface area contributed by atoms with E-state index in [-0.39, 0.29) is 0 Å². The Bertz CT molecular complexity index is 373. The normalized spacial score (nSPS) is 28.8. The third kappa shape index (κ3) is 8.41. The maximum absolute atomic E-state index is 6.23. The number of nitrogens with zero attached hydrogens (tertiary/aromatic N) is 2. The van der Waals surface area contributed by atoms with Crippen molar-refractivity contribution in [3.63, 3.8) is 0 Å². The average molecular weight is 381 g/mol. The van der Waals surface area contributed by atoms with Crippen molar-refractivity contribution >= 4 is 0 Å². The first-order valence-electron chi connectivity index (χ1n) is 12.1. The van der Waals surface area contributed by atoms with Crippen LogP contribution in [0.15, 0.2) is 0 Å². The van der Waals surface area contributed by atoms with Crippen LogP contribution in [0.2, 0.25) is 0 Å². The Morgan fingerprint density at radius 1 is 0.889 bits per heavy atom. The lowest BCUT2D eigenvalue weighted by atomic mass is 9.83. The molecule has 0 amide bonds. The maximum atomic E-state index is 6.23. The minimum absolute atomic E-state index is 0.456. The SMILES string of the molecule is CCCC(C)O[C@H]1CC[C@H](CC[C@@H](C)CN2CCN(C(C)CC)CC2)CC1. The van der Waals surface area contributed by atoms with Crippen LogP contribution in [0.3, 0.4) is 0 Å². The maximum Gasteiger partial charge on any atom is 0.0579 e. The molecule has 2 rings (SSSR count). The fraction of sp³-hybridized carbons (Fsp3) is 1.00. The lowest BCUT2D eigenvalue weighted by Gasteiger charge is -2.39. The molecule has 3 nitrogen and oxygen atoms in total. The summed E-state index contributed by atoms with van der Waals surface area (Å²) in [6.07, 6.45) is 13.0. The second-order valence-corrected chi connectivity index (χ2v) is 9.65. The van der Waals surface area contributed by atoms with Gasteiger partial charge >= 0.3 is 0 Å². The zero-order valence-corrected chi connectivity index (χ0v) is 19.1. The number of hydrogen-bond donors (Lipinski definition) is 0. The van der Waals surface area contributed by atoms with E-state index in [1.807, 2.05) is 0 Å². The summed E-state index contributed by atoms with van der Waals surface area (Å²) in [6.45, 7) is 18.0. The summed E-state index contributed by atoms with van der Waals surface area (Å²) >= 11 is 0. The Morgan fingerprint density at radius 2 is 1.56 bits per heavy atom.